The number of rotatable bonds is 5. The van der Waals surface area contributed by atoms with Gasteiger partial charge in [0, 0.05) is 13.0 Å². The molecule has 0 aromatic rings. The quantitative estimate of drug-likeness (QED) is 0.781. The van der Waals surface area contributed by atoms with Crippen molar-refractivity contribution in [3.63, 3.8) is 0 Å². The van der Waals surface area contributed by atoms with Gasteiger partial charge < -0.3 is 14.7 Å². The second-order valence-electron chi connectivity index (χ2n) is 4.51. The van der Waals surface area contributed by atoms with Crippen LogP contribution in [0, 0.1) is 0 Å². The van der Waals surface area contributed by atoms with E-state index in [1.165, 1.54) is 4.90 Å². The van der Waals surface area contributed by atoms with Crippen molar-refractivity contribution < 1.29 is 23.8 Å². The molecule has 1 atom stereocenters. The van der Waals surface area contributed by atoms with E-state index in [2.05, 4.69) is 0 Å². The van der Waals surface area contributed by atoms with E-state index in [4.69, 9.17) is 9.84 Å². The molecule has 1 N–H and O–H groups in total. The van der Waals surface area contributed by atoms with Crippen LogP contribution in [0.3, 0.4) is 0 Å². The van der Waals surface area contributed by atoms with E-state index in [1.807, 2.05) is 13.8 Å². The van der Waals surface area contributed by atoms with Crippen molar-refractivity contribution in [2.45, 2.75) is 38.5 Å². The molecular formula is C11H18FNO4. The van der Waals surface area contributed by atoms with Crippen LogP contribution in [0.5, 0.6) is 0 Å². The molecule has 98 valence electrons. The van der Waals surface area contributed by atoms with Crippen LogP contribution in [0.15, 0.2) is 0 Å². The van der Waals surface area contributed by atoms with Crippen LogP contribution in [-0.4, -0.2) is 53.4 Å². The van der Waals surface area contributed by atoms with Crippen LogP contribution in [0.2, 0.25) is 0 Å². The maximum Gasteiger partial charge on any atom is 0.343 e. The monoisotopic (exact) mass is 247 g/mol. The summed E-state index contributed by atoms with van der Waals surface area (Å²) < 4.78 is 18.9. The zero-order valence-corrected chi connectivity index (χ0v) is 10.1. The van der Waals surface area contributed by atoms with Crippen molar-refractivity contribution >= 4 is 11.9 Å². The molecule has 6 heteroatoms. The summed E-state index contributed by atoms with van der Waals surface area (Å²) in [6.07, 6.45) is 0.0631. The van der Waals surface area contributed by atoms with E-state index in [0.29, 0.717) is 0 Å². The van der Waals surface area contributed by atoms with E-state index >= 15 is 0 Å². The number of aliphatic carboxylic acids is 1. The molecule has 0 aliphatic carbocycles. The molecule has 0 saturated carbocycles. The number of ether oxygens (including phenoxy) is 1. The first-order valence-corrected chi connectivity index (χ1v) is 5.67. The van der Waals surface area contributed by atoms with Crippen molar-refractivity contribution in [1.29, 1.82) is 0 Å². The molecule has 1 rings (SSSR count). The molecule has 1 aliphatic rings. The maximum atomic E-state index is 13.7. The highest BCUT2D eigenvalue weighted by molar-refractivity contribution is 5.82. The number of carboxylic acid groups (broad SMARTS) is 1. The zero-order chi connectivity index (χ0) is 13.1. The van der Waals surface area contributed by atoms with Crippen molar-refractivity contribution in [1.82, 2.24) is 4.90 Å². The molecule has 0 radical (unpaired) electrons. The minimum Gasteiger partial charge on any atom is -0.479 e. The summed E-state index contributed by atoms with van der Waals surface area (Å²) in [5, 5.41) is 8.68. The zero-order valence-electron chi connectivity index (χ0n) is 10.1. The lowest BCUT2D eigenvalue weighted by atomic mass is 10.1. The number of hydrogen-bond acceptors (Lipinski definition) is 3. The fraction of sp³-hybridized carbons (Fsp3) is 0.818. The third-order valence-corrected chi connectivity index (χ3v) is 2.72. The Morgan fingerprint density at radius 1 is 1.53 bits per heavy atom. The summed E-state index contributed by atoms with van der Waals surface area (Å²) in [6.45, 7) is 3.79. The van der Waals surface area contributed by atoms with E-state index in [0.717, 1.165) is 0 Å². The molecule has 0 aromatic heterocycles. The number of likely N-dealkylation sites (tertiary alicyclic amines) is 1. The number of nitrogens with zero attached hydrogens (tertiary/aromatic N) is 1. The molecule has 0 bridgehead atoms. The van der Waals surface area contributed by atoms with Gasteiger partial charge in [0.1, 0.15) is 0 Å². The largest absolute Gasteiger partial charge is 0.479 e. The van der Waals surface area contributed by atoms with Gasteiger partial charge in [0.05, 0.1) is 25.7 Å². The summed E-state index contributed by atoms with van der Waals surface area (Å²) in [4.78, 5) is 23.5. The first kappa shape index (κ1) is 13.9. The first-order chi connectivity index (χ1) is 7.85. The summed E-state index contributed by atoms with van der Waals surface area (Å²) in [6, 6.07) is 0. The molecule has 1 heterocycles. The highest BCUT2D eigenvalue weighted by Gasteiger charge is 2.46. The lowest BCUT2D eigenvalue weighted by Gasteiger charge is -2.18. The number of alkyl halides is 1. The highest BCUT2D eigenvalue weighted by Crippen LogP contribution is 2.26. The molecule has 1 unspecified atom stereocenters. The number of carbonyl (C=O) groups excluding carboxylic acids is 1. The molecule has 17 heavy (non-hydrogen) atoms. The second kappa shape index (κ2) is 5.44. The van der Waals surface area contributed by atoms with Gasteiger partial charge in [-0.3, -0.25) is 4.79 Å². The average molecular weight is 247 g/mol. The number of hydrogen-bond donors (Lipinski definition) is 1. The third-order valence-electron chi connectivity index (χ3n) is 2.72. The van der Waals surface area contributed by atoms with Gasteiger partial charge in [-0.15, -0.1) is 0 Å². The van der Waals surface area contributed by atoms with Crippen LogP contribution < -0.4 is 0 Å². The Labute approximate surface area is 99.5 Å². The van der Waals surface area contributed by atoms with E-state index in [9.17, 15) is 14.0 Å². The van der Waals surface area contributed by atoms with E-state index in [1.54, 1.807) is 0 Å². The third kappa shape index (κ3) is 3.66. The van der Waals surface area contributed by atoms with E-state index in [-0.39, 0.29) is 44.5 Å². The molecule has 0 spiro atoms. The summed E-state index contributed by atoms with van der Waals surface area (Å²) >= 11 is 0. The van der Waals surface area contributed by atoms with Crippen LogP contribution in [0.4, 0.5) is 4.39 Å². The lowest BCUT2D eigenvalue weighted by molar-refractivity contribution is -0.150. The Bertz CT molecular complexity index is 308. The number of carbonyl (C=O) groups is 2. The van der Waals surface area contributed by atoms with Gasteiger partial charge in [-0.2, -0.15) is 0 Å². The number of halogens is 1. The number of amides is 1. The predicted octanol–water partition coefficient (Wildman–Crippen LogP) is 0.827. The van der Waals surface area contributed by atoms with Crippen molar-refractivity contribution in [3.05, 3.63) is 0 Å². The van der Waals surface area contributed by atoms with Gasteiger partial charge in [-0.25, -0.2) is 9.18 Å². The SMILES string of the molecule is CC(C)OCCC(=O)N1CCC(F)(C(=O)O)C1. The molecular weight excluding hydrogens is 229 g/mol. The van der Waals surface area contributed by atoms with Crippen molar-refractivity contribution in [2.75, 3.05) is 19.7 Å². The van der Waals surface area contributed by atoms with Gasteiger partial charge in [0.15, 0.2) is 0 Å². The molecule has 5 nitrogen and oxygen atoms in total. The predicted molar refractivity (Wildman–Crippen MR) is 58.4 cm³/mol. The minimum atomic E-state index is -2.28. The van der Waals surface area contributed by atoms with Crippen LogP contribution in [-0.2, 0) is 14.3 Å². The second-order valence-corrected chi connectivity index (χ2v) is 4.51. The van der Waals surface area contributed by atoms with Gasteiger partial charge in [0.25, 0.3) is 0 Å². The minimum absolute atomic E-state index is 0.0423. The smallest absolute Gasteiger partial charge is 0.343 e. The molecule has 0 aromatic carbocycles. The van der Waals surface area contributed by atoms with Gasteiger partial charge in [-0.1, -0.05) is 0 Å². The van der Waals surface area contributed by atoms with Gasteiger partial charge >= 0.3 is 5.97 Å². The summed E-state index contributed by atoms with van der Waals surface area (Å²) in [5.41, 5.74) is -2.28. The highest BCUT2D eigenvalue weighted by atomic mass is 19.1. The van der Waals surface area contributed by atoms with Crippen LogP contribution in [0.25, 0.3) is 0 Å². The first-order valence-electron chi connectivity index (χ1n) is 5.67. The molecule has 1 amide bonds. The Kier molecular flexibility index (Phi) is 4.45. The maximum absolute atomic E-state index is 13.7. The van der Waals surface area contributed by atoms with Crippen LogP contribution in [0.1, 0.15) is 26.7 Å². The summed E-state index contributed by atoms with van der Waals surface area (Å²) in [5.74, 6) is -1.75. The Balaban J connectivity index is 2.38. The van der Waals surface area contributed by atoms with E-state index < -0.39 is 11.6 Å². The topological polar surface area (TPSA) is 66.8 Å². The normalized spacial score (nSPS) is 24.4. The lowest BCUT2D eigenvalue weighted by Crippen LogP contribution is -2.39. The van der Waals surface area contributed by atoms with Gasteiger partial charge in [0.2, 0.25) is 11.6 Å². The van der Waals surface area contributed by atoms with Crippen molar-refractivity contribution in [2.24, 2.45) is 0 Å². The molecule has 1 aliphatic heterocycles. The van der Waals surface area contributed by atoms with Gasteiger partial charge in [-0.05, 0) is 13.8 Å². The van der Waals surface area contributed by atoms with Crippen molar-refractivity contribution in [3.8, 4) is 0 Å². The Hall–Kier alpha value is -1.17. The summed E-state index contributed by atoms with van der Waals surface area (Å²) in [7, 11) is 0. The fourth-order valence-electron chi connectivity index (χ4n) is 1.70. The Morgan fingerprint density at radius 3 is 2.65 bits per heavy atom. The standard InChI is InChI=1S/C11H18FNO4/c1-8(2)17-6-3-9(14)13-5-4-11(12,7-13)10(15)16/h8H,3-7H2,1-2H3,(H,15,16). The van der Waals surface area contributed by atoms with Crippen LogP contribution >= 0.6 is 0 Å². The fourth-order valence-corrected chi connectivity index (χ4v) is 1.70. The molecule has 1 fully saturated rings. The number of carboxylic acids is 1. The molecule has 1 saturated heterocycles. The average Bonchev–Trinajstić information content (AvgIpc) is 2.62. The Morgan fingerprint density at radius 2 is 2.18 bits per heavy atom.